The fourth-order valence-corrected chi connectivity index (χ4v) is 5.08. The first-order valence-corrected chi connectivity index (χ1v) is 13.4. The van der Waals surface area contributed by atoms with Crippen molar-refractivity contribution in [1.29, 1.82) is 0 Å². The van der Waals surface area contributed by atoms with E-state index in [0.717, 1.165) is 12.1 Å². The first kappa shape index (κ1) is 31.7. The number of fused-ring (bicyclic) bond motifs is 1. The third-order valence-electron chi connectivity index (χ3n) is 7.53. The predicted molar refractivity (Wildman–Crippen MR) is 145 cm³/mol. The van der Waals surface area contributed by atoms with Gasteiger partial charge in [0.05, 0.1) is 19.8 Å². The lowest BCUT2D eigenvalue weighted by Gasteiger charge is -2.45. The molecule has 1 aromatic heterocycles. The molecule has 16 heteroatoms. The molecule has 2 fully saturated rings. The molecular weight excluding hydrogens is 592 g/mol. The maximum Gasteiger partial charge on any atom is 0.238 e. The third-order valence-corrected chi connectivity index (χ3v) is 7.53. The van der Waals surface area contributed by atoms with Crippen LogP contribution in [0.3, 0.4) is 0 Å². The standard InChI is InChI=1S/C28H32O16/c1-9-18(32)21(35)24(38)27(40-9)44-26-22(36)19(33)16(8-29)43-28(26)42-13-4-3-10(5-14(13)39-2)25-23(37)20(34)17-12(31)6-11(30)7-15(17)41-25/h3-7,9,16,18-19,21-22,24,26-33,35-38H,8H2,1-2H3/t9-,16+,18-,19+,21+,22-,24+,26+,27-,28+/m0/s1. The summed E-state index contributed by atoms with van der Waals surface area (Å²) in [5.41, 5.74) is -1.07. The van der Waals surface area contributed by atoms with Crippen molar-refractivity contribution in [1.82, 2.24) is 0 Å². The molecule has 2 aliphatic heterocycles. The van der Waals surface area contributed by atoms with Crippen LogP contribution in [0, 0.1) is 0 Å². The number of rotatable bonds is 7. The number of phenols is 2. The molecule has 0 saturated carbocycles. The van der Waals surface area contributed by atoms with Gasteiger partial charge in [-0.2, -0.15) is 0 Å². The summed E-state index contributed by atoms with van der Waals surface area (Å²) < 4.78 is 33.7. The number of hydrogen-bond donors (Lipinski definition) is 9. The zero-order valence-corrected chi connectivity index (χ0v) is 23.3. The van der Waals surface area contributed by atoms with Crippen LogP contribution in [0.4, 0.5) is 0 Å². The zero-order valence-electron chi connectivity index (χ0n) is 23.3. The number of methoxy groups -OCH3 is 1. The number of phenolic OH excluding ortho intramolecular Hbond substituents is 2. The first-order chi connectivity index (χ1) is 20.9. The van der Waals surface area contributed by atoms with Gasteiger partial charge in [0, 0.05) is 17.7 Å². The van der Waals surface area contributed by atoms with Gasteiger partial charge in [-0.3, -0.25) is 4.79 Å². The van der Waals surface area contributed by atoms with Crippen molar-refractivity contribution in [2.45, 2.75) is 68.3 Å². The lowest BCUT2D eigenvalue weighted by molar-refractivity contribution is -0.354. The number of ether oxygens (including phenoxy) is 5. The van der Waals surface area contributed by atoms with E-state index < -0.39 is 84.9 Å². The van der Waals surface area contributed by atoms with Crippen LogP contribution in [0.5, 0.6) is 28.7 Å². The summed E-state index contributed by atoms with van der Waals surface area (Å²) in [5, 5.41) is 91.7. The molecule has 44 heavy (non-hydrogen) atoms. The molecule has 0 amide bonds. The fourth-order valence-electron chi connectivity index (χ4n) is 5.08. The Morgan fingerprint density at radius 3 is 2.25 bits per heavy atom. The molecule has 0 aliphatic carbocycles. The second-order valence-corrected chi connectivity index (χ2v) is 10.4. The van der Waals surface area contributed by atoms with E-state index in [1.807, 2.05) is 0 Å². The van der Waals surface area contributed by atoms with Gasteiger partial charge >= 0.3 is 0 Å². The Hall–Kier alpha value is -3.71. The molecule has 2 saturated heterocycles. The highest BCUT2D eigenvalue weighted by Gasteiger charge is 2.51. The largest absolute Gasteiger partial charge is 0.508 e. The Morgan fingerprint density at radius 2 is 1.57 bits per heavy atom. The van der Waals surface area contributed by atoms with Crippen LogP contribution in [0.15, 0.2) is 39.5 Å². The highest BCUT2D eigenvalue weighted by molar-refractivity contribution is 5.88. The molecule has 0 spiro atoms. The number of hydrogen-bond acceptors (Lipinski definition) is 16. The van der Waals surface area contributed by atoms with Gasteiger partial charge in [-0.05, 0) is 25.1 Å². The molecule has 3 aromatic rings. The second-order valence-electron chi connectivity index (χ2n) is 10.4. The van der Waals surface area contributed by atoms with Gasteiger partial charge in [0.1, 0.15) is 59.1 Å². The minimum atomic E-state index is -1.76. The normalized spacial score (nSPS) is 32.5. The van der Waals surface area contributed by atoms with Crippen LogP contribution in [0.25, 0.3) is 22.3 Å². The van der Waals surface area contributed by atoms with E-state index in [2.05, 4.69) is 0 Å². The second kappa shape index (κ2) is 12.4. The average Bonchev–Trinajstić information content (AvgIpc) is 2.99. The molecule has 0 unspecified atom stereocenters. The number of aliphatic hydroxyl groups is 6. The van der Waals surface area contributed by atoms with Crippen molar-refractivity contribution in [2.75, 3.05) is 13.7 Å². The van der Waals surface area contributed by atoms with E-state index >= 15 is 0 Å². The molecule has 0 radical (unpaired) electrons. The first-order valence-electron chi connectivity index (χ1n) is 13.4. The van der Waals surface area contributed by atoms with Crippen molar-refractivity contribution >= 4 is 11.0 Å². The van der Waals surface area contributed by atoms with Crippen LogP contribution in [0.1, 0.15) is 6.92 Å². The van der Waals surface area contributed by atoms with Crippen molar-refractivity contribution in [2.24, 2.45) is 0 Å². The van der Waals surface area contributed by atoms with Gasteiger partial charge in [-0.1, -0.05) is 0 Å². The number of aliphatic hydroxyl groups excluding tert-OH is 6. The van der Waals surface area contributed by atoms with E-state index in [0.29, 0.717) is 0 Å². The van der Waals surface area contributed by atoms with E-state index in [9.17, 15) is 50.8 Å². The molecule has 9 N–H and O–H groups in total. The molecule has 10 atom stereocenters. The average molecular weight is 625 g/mol. The molecule has 240 valence electrons. The lowest BCUT2D eigenvalue weighted by Crippen LogP contribution is -2.64. The van der Waals surface area contributed by atoms with Crippen molar-refractivity contribution in [3.8, 4) is 40.1 Å². The van der Waals surface area contributed by atoms with Gasteiger partial charge in [-0.25, -0.2) is 0 Å². The molecular formula is C28H32O16. The lowest BCUT2D eigenvalue weighted by atomic mass is 9.97. The van der Waals surface area contributed by atoms with E-state index in [1.54, 1.807) is 0 Å². The van der Waals surface area contributed by atoms with Crippen LogP contribution < -0.4 is 14.9 Å². The van der Waals surface area contributed by atoms with Crippen LogP contribution in [-0.2, 0) is 14.2 Å². The summed E-state index contributed by atoms with van der Waals surface area (Å²) in [6.07, 6.45) is -15.4. The van der Waals surface area contributed by atoms with Crippen molar-refractivity contribution in [3.05, 3.63) is 40.6 Å². The van der Waals surface area contributed by atoms with E-state index in [4.69, 9.17) is 28.1 Å². The fraction of sp³-hybridized carbons (Fsp3) is 0.464. The zero-order chi connectivity index (χ0) is 32.0. The Labute approximate surface area is 248 Å². The summed E-state index contributed by atoms with van der Waals surface area (Å²) in [7, 11) is 1.27. The Bertz CT molecular complexity index is 1560. The molecule has 2 aliphatic rings. The summed E-state index contributed by atoms with van der Waals surface area (Å²) in [6.45, 7) is 0.693. The molecule has 3 heterocycles. The quantitative estimate of drug-likeness (QED) is 0.147. The number of benzene rings is 2. The van der Waals surface area contributed by atoms with Gasteiger partial charge in [0.15, 0.2) is 29.7 Å². The number of aromatic hydroxyl groups is 3. The summed E-state index contributed by atoms with van der Waals surface area (Å²) >= 11 is 0. The molecule has 16 nitrogen and oxygen atoms in total. The van der Waals surface area contributed by atoms with Crippen LogP contribution in [-0.4, -0.2) is 121 Å². The van der Waals surface area contributed by atoms with Crippen LogP contribution in [0.2, 0.25) is 0 Å². The van der Waals surface area contributed by atoms with Gasteiger partial charge < -0.3 is 74.1 Å². The van der Waals surface area contributed by atoms with E-state index in [1.165, 1.54) is 32.2 Å². The van der Waals surface area contributed by atoms with Crippen LogP contribution >= 0.6 is 0 Å². The summed E-state index contributed by atoms with van der Waals surface area (Å²) in [4.78, 5) is 12.8. The molecule has 2 aromatic carbocycles. The topological polar surface area (TPSA) is 258 Å². The van der Waals surface area contributed by atoms with Gasteiger partial charge in [0.25, 0.3) is 0 Å². The Balaban J connectivity index is 1.47. The highest BCUT2D eigenvalue weighted by Crippen LogP contribution is 2.40. The maximum absolute atomic E-state index is 12.8. The minimum Gasteiger partial charge on any atom is -0.508 e. The van der Waals surface area contributed by atoms with Crippen molar-refractivity contribution in [3.63, 3.8) is 0 Å². The molecule has 0 bridgehead atoms. The monoisotopic (exact) mass is 624 g/mol. The Kier molecular flexibility index (Phi) is 8.90. The van der Waals surface area contributed by atoms with Crippen molar-refractivity contribution < 1.29 is 74.1 Å². The van der Waals surface area contributed by atoms with Gasteiger partial charge in [-0.15, -0.1) is 0 Å². The summed E-state index contributed by atoms with van der Waals surface area (Å²) in [6, 6.07) is 5.98. The SMILES string of the molecule is COc1cc(-c2oc3cc(O)cc(O)c3c(=O)c2O)ccc1O[C@@H]1O[C@H](CO)[C@@H](O)[C@H](O)[C@H]1O[C@@H]1O[C@@H](C)[C@H](O)[C@@H](O)[C@H]1O. The maximum atomic E-state index is 12.8. The smallest absolute Gasteiger partial charge is 0.238 e. The van der Waals surface area contributed by atoms with E-state index in [-0.39, 0.29) is 39.5 Å². The summed E-state index contributed by atoms with van der Waals surface area (Å²) in [5.74, 6) is -2.23. The molecule has 5 rings (SSSR count). The highest BCUT2D eigenvalue weighted by atomic mass is 16.8. The van der Waals surface area contributed by atoms with Gasteiger partial charge in [0.2, 0.25) is 17.5 Å². The minimum absolute atomic E-state index is 0.0203. The third kappa shape index (κ3) is 5.63. The predicted octanol–water partition coefficient (Wildman–Crippen LogP) is -1.38. The Morgan fingerprint density at radius 1 is 0.841 bits per heavy atom.